The number of aromatic amines is 1. The summed E-state index contributed by atoms with van der Waals surface area (Å²) in [5, 5.41) is 3.96. The van der Waals surface area contributed by atoms with Gasteiger partial charge in [-0.1, -0.05) is 36.4 Å². The van der Waals surface area contributed by atoms with E-state index in [2.05, 4.69) is 10.3 Å². The number of amides is 4. The molecule has 0 saturated carbocycles. The Morgan fingerprint density at radius 2 is 1.74 bits per heavy atom. The smallest absolute Gasteiger partial charge is 0.332 e. The first-order valence-electron chi connectivity index (χ1n) is 12.7. The number of hydrogen-bond acceptors (Lipinski definition) is 5. The number of anilines is 1. The molecule has 0 aliphatic carbocycles. The van der Waals surface area contributed by atoms with E-state index in [1.807, 2.05) is 30.3 Å². The highest BCUT2D eigenvalue weighted by molar-refractivity contribution is 6.25. The van der Waals surface area contributed by atoms with Gasteiger partial charge >= 0.3 is 6.03 Å². The van der Waals surface area contributed by atoms with E-state index in [9.17, 15) is 14.4 Å². The van der Waals surface area contributed by atoms with E-state index in [4.69, 9.17) is 9.47 Å². The van der Waals surface area contributed by atoms with Crippen LogP contribution in [0.4, 0.5) is 10.5 Å². The number of urea groups is 1. The number of carbonyl (C=O) groups excluding carboxylic acids is 3. The third-order valence-electron chi connectivity index (χ3n) is 7.76. The second-order valence-electron chi connectivity index (χ2n) is 9.81. The number of ether oxygens (including phenoxy) is 2. The predicted octanol–water partition coefficient (Wildman–Crippen LogP) is 4.36. The number of nitrogens with zero attached hydrogens (tertiary/aromatic N) is 2. The van der Waals surface area contributed by atoms with Crippen LogP contribution in [0.2, 0.25) is 0 Å². The zero-order valence-corrected chi connectivity index (χ0v) is 21.9. The van der Waals surface area contributed by atoms with Crippen molar-refractivity contribution in [2.45, 2.75) is 25.4 Å². The predicted molar refractivity (Wildman–Crippen MR) is 146 cm³/mol. The summed E-state index contributed by atoms with van der Waals surface area (Å²) in [4.78, 5) is 47.3. The van der Waals surface area contributed by atoms with Gasteiger partial charge in [-0.15, -0.1) is 0 Å². The molecule has 3 heterocycles. The Morgan fingerprint density at radius 3 is 2.54 bits per heavy atom. The summed E-state index contributed by atoms with van der Waals surface area (Å²) in [6.07, 6.45) is 0.634. The van der Waals surface area contributed by atoms with Crippen LogP contribution in [0.5, 0.6) is 11.5 Å². The number of aromatic nitrogens is 1. The van der Waals surface area contributed by atoms with Crippen molar-refractivity contribution < 1.29 is 23.9 Å². The summed E-state index contributed by atoms with van der Waals surface area (Å²) >= 11 is 0. The Balaban J connectivity index is 1.32. The van der Waals surface area contributed by atoms with Crippen LogP contribution in [-0.4, -0.2) is 48.5 Å². The van der Waals surface area contributed by atoms with Crippen LogP contribution in [0.15, 0.2) is 66.7 Å². The molecule has 2 aliphatic rings. The molecule has 0 unspecified atom stereocenters. The van der Waals surface area contributed by atoms with E-state index in [0.717, 1.165) is 32.6 Å². The maximum Gasteiger partial charge on any atom is 0.332 e. The molecule has 3 aromatic carbocycles. The number of carbonyl (C=O) groups is 3. The number of rotatable bonds is 6. The third kappa shape index (κ3) is 3.64. The first-order valence-corrected chi connectivity index (χ1v) is 12.7. The maximum atomic E-state index is 14.1. The molecule has 4 amide bonds. The topological polar surface area (TPSA) is 104 Å². The zero-order chi connectivity index (χ0) is 27.3. The monoisotopic (exact) mass is 524 g/mol. The van der Waals surface area contributed by atoms with Gasteiger partial charge in [0.2, 0.25) is 0 Å². The summed E-state index contributed by atoms with van der Waals surface area (Å²) in [6.45, 7) is 2.40. The molecule has 2 N–H and O–H groups in total. The van der Waals surface area contributed by atoms with Gasteiger partial charge in [0.15, 0.2) is 17.0 Å². The van der Waals surface area contributed by atoms with Crippen molar-refractivity contribution in [3.63, 3.8) is 0 Å². The molecule has 0 spiro atoms. The molecule has 198 valence electrons. The molecule has 2 aliphatic heterocycles. The number of benzene rings is 3. The first kappa shape index (κ1) is 24.5. The van der Waals surface area contributed by atoms with Crippen molar-refractivity contribution in [2.24, 2.45) is 0 Å². The minimum Gasteiger partial charge on any atom is -0.493 e. The standard InChI is InChI=1S/C30H28N4O5/c1-30-26-20(19-8-4-6-10-22(19)32-26)14-15-33(30)29(37)34(28(30)36)23-11-7-5-9-21(23)27(35)31-17-18-12-13-24(38-2)25(16-18)39-3/h4-13,16,32H,14-15,17H2,1-3H3,(H,31,35)/t30-/m0/s1. The number of H-pyrrole nitrogens is 1. The number of para-hydroxylation sites is 2. The van der Waals surface area contributed by atoms with Crippen molar-refractivity contribution in [2.75, 3.05) is 25.7 Å². The van der Waals surface area contributed by atoms with Crippen molar-refractivity contribution >= 4 is 34.4 Å². The van der Waals surface area contributed by atoms with Crippen molar-refractivity contribution in [1.82, 2.24) is 15.2 Å². The Hall–Kier alpha value is -4.79. The van der Waals surface area contributed by atoms with E-state index < -0.39 is 17.5 Å². The number of nitrogens with one attached hydrogen (secondary N) is 2. The molecule has 4 aromatic rings. The highest BCUT2D eigenvalue weighted by atomic mass is 16.5. The van der Waals surface area contributed by atoms with Crippen molar-refractivity contribution in [1.29, 1.82) is 0 Å². The molecule has 0 radical (unpaired) electrons. The van der Waals surface area contributed by atoms with Gasteiger partial charge in [0.1, 0.15) is 0 Å². The molecule has 1 aromatic heterocycles. The van der Waals surface area contributed by atoms with Gasteiger partial charge < -0.3 is 24.7 Å². The molecular weight excluding hydrogens is 496 g/mol. The third-order valence-corrected chi connectivity index (χ3v) is 7.76. The largest absolute Gasteiger partial charge is 0.493 e. The quantitative estimate of drug-likeness (QED) is 0.365. The highest BCUT2D eigenvalue weighted by Crippen LogP contribution is 2.45. The Bertz CT molecular complexity index is 1640. The normalized spacial score (nSPS) is 18.2. The van der Waals surface area contributed by atoms with E-state index in [1.54, 1.807) is 62.4 Å². The Labute approximate surface area is 225 Å². The van der Waals surface area contributed by atoms with Gasteiger partial charge in [0, 0.05) is 24.0 Å². The van der Waals surface area contributed by atoms with Gasteiger partial charge in [-0.3, -0.25) is 9.59 Å². The van der Waals surface area contributed by atoms with Gasteiger partial charge in [-0.2, -0.15) is 0 Å². The van der Waals surface area contributed by atoms with E-state index >= 15 is 0 Å². The average Bonchev–Trinajstić information content (AvgIpc) is 3.44. The number of hydrogen-bond donors (Lipinski definition) is 2. The first-order chi connectivity index (χ1) is 18.9. The van der Waals surface area contributed by atoms with Gasteiger partial charge in [0.25, 0.3) is 11.8 Å². The molecule has 1 saturated heterocycles. The SMILES string of the molecule is COc1ccc(CNC(=O)c2ccccc2N2C(=O)N3CCc4c([nH]c5ccccc45)[C@@]3(C)C2=O)cc1OC. The second kappa shape index (κ2) is 9.20. The molecule has 1 atom stereocenters. The Kier molecular flexibility index (Phi) is 5.79. The van der Waals surface area contributed by atoms with E-state index in [1.165, 1.54) is 0 Å². The molecule has 9 nitrogen and oxygen atoms in total. The highest BCUT2D eigenvalue weighted by Gasteiger charge is 2.59. The van der Waals surface area contributed by atoms with Crippen LogP contribution in [0.1, 0.15) is 34.1 Å². The summed E-state index contributed by atoms with van der Waals surface area (Å²) in [6, 6.07) is 19.5. The Morgan fingerprint density at radius 1 is 1.00 bits per heavy atom. The lowest BCUT2D eigenvalue weighted by atomic mass is 9.87. The van der Waals surface area contributed by atoms with Gasteiger partial charge in [0.05, 0.1) is 31.2 Å². The lowest BCUT2D eigenvalue weighted by molar-refractivity contribution is -0.125. The van der Waals surface area contributed by atoms with Gasteiger partial charge in [-0.25, -0.2) is 9.69 Å². The summed E-state index contributed by atoms with van der Waals surface area (Å²) in [5.41, 5.74) is 2.81. The average molecular weight is 525 g/mol. The lowest BCUT2D eigenvalue weighted by Crippen LogP contribution is -2.49. The molecule has 6 rings (SSSR count). The number of fused-ring (bicyclic) bond motifs is 5. The summed E-state index contributed by atoms with van der Waals surface area (Å²) in [5.74, 6) is 0.355. The lowest BCUT2D eigenvalue weighted by Gasteiger charge is -2.35. The van der Waals surface area contributed by atoms with Gasteiger partial charge in [-0.05, 0) is 54.8 Å². The number of methoxy groups -OCH3 is 2. The summed E-state index contributed by atoms with van der Waals surface area (Å²) < 4.78 is 10.6. The molecular formula is C30H28N4O5. The fraction of sp³-hybridized carbons (Fsp3) is 0.233. The van der Waals surface area contributed by atoms with Crippen LogP contribution in [0, 0.1) is 0 Å². The molecule has 9 heteroatoms. The van der Waals surface area contributed by atoms with E-state index in [0.29, 0.717) is 24.5 Å². The second-order valence-corrected chi connectivity index (χ2v) is 9.81. The molecule has 0 bridgehead atoms. The molecule has 39 heavy (non-hydrogen) atoms. The van der Waals surface area contributed by atoms with Crippen LogP contribution >= 0.6 is 0 Å². The summed E-state index contributed by atoms with van der Waals surface area (Å²) in [7, 11) is 3.11. The zero-order valence-electron chi connectivity index (χ0n) is 21.9. The maximum absolute atomic E-state index is 14.1. The fourth-order valence-corrected chi connectivity index (χ4v) is 5.73. The minimum absolute atomic E-state index is 0.220. The molecule has 1 fully saturated rings. The minimum atomic E-state index is -1.20. The van der Waals surface area contributed by atoms with Crippen LogP contribution in [0.25, 0.3) is 10.9 Å². The fourth-order valence-electron chi connectivity index (χ4n) is 5.73. The van der Waals surface area contributed by atoms with Crippen LogP contribution in [0.3, 0.4) is 0 Å². The van der Waals surface area contributed by atoms with Crippen molar-refractivity contribution in [3.05, 3.63) is 89.1 Å². The van der Waals surface area contributed by atoms with Crippen LogP contribution in [-0.2, 0) is 23.3 Å². The van der Waals surface area contributed by atoms with Crippen LogP contribution < -0.4 is 19.7 Å². The van der Waals surface area contributed by atoms with E-state index in [-0.39, 0.29) is 23.7 Å². The van der Waals surface area contributed by atoms with Crippen molar-refractivity contribution in [3.8, 4) is 11.5 Å². The number of imide groups is 1.